The van der Waals surface area contributed by atoms with Crippen LogP contribution in [-0.4, -0.2) is 27.3 Å². The highest BCUT2D eigenvalue weighted by molar-refractivity contribution is 8.00. The number of hydrogen-bond donors (Lipinski definition) is 1. The highest BCUT2D eigenvalue weighted by atomic mass is 32.2. The van der Waals surface area contributed by atoms with Crippen LogP contribution in [0.1, 0.15) is 50.3 Å². The molecule has 0 aromatic carbocycles. The predicted octanol–water partition coefficient (Wildman–Crippen LogP) is 4.48. The third kappa shape index (κ3) is 4.75. The molecule has 3 aromatic rings. The molecule has 3 heterocycles. The minimum Gasteiger partial charge on any atom is -0.467 e. The fraction of sp³-hybridized carbons (Fsp3) is 0.522. The SMILES string of the molecule is CC(C)CNC(=O)C(C)Sc1nc2sc3c(c2c(=O)n1Cc1ccco1)CCC(C)C3. The normalized spacial score (nSPS) is 17.1. The molecule has 0 spiro atoms. The van der Waals surface area contributed by atoms with E-state index in [1.54, 1.807) is 22.2 Å². The van der Waals surface area contributed by atoms with E-state index in [9.17, 15) is 9.59 Å². The van der Waals surface area contributed by atoms with E-state index in [2.05, 4.69) is 26.1 Å². The molecule has 0 aliphatic heterocycles. The van der Waals surface area contributed by atoms with E-state index in [0.717, 1.165) is 29.5 Å². The number of carbonyl (C=O) groups is 1. The number of carbonyl (C=O) groups excluding carboxylic acids is 1. The van der Waals surface area contributed by atoms with Crippen LogP contribution in [0.5, 0.6) is 0 Å². The molecule has 0 saturated heterocycles. The Morgan fingerprint density at radius 1 is 1.42 bits per heavy atom. The van der Waals surface area contributed by atoms with E-state index in [-0.39, 0.29) is 16.7 Å². The number of rotatable bonds is 7. The lowest BCUT2D eigenvalue weighted by molar-refractivity contribution is -0.120. The number of thiophene rings is 1. The second-order valence-electron chi connectivity index (χ2n) is 8.80. The summed E-state index contributed by atoms with van der Waals surface area (Å²) in [5.41, 5.74) is 1.13. The smallest absolute Gasteiger partial charge is 0.263 e. The van der Waals surface area contributed by atoms with E-state index in [1.165, 1.54) is 22.2 Å². The maximum absolute atomic E-state index is 13.6. The molecule has 8 heteroatoms. The molecular weight excluding hydrogens is 430 g/mol. The molecule has 3 aromatic heterocycles. The summed E-state index contributed by atoms with van der Waals surface area (Å²) in [6.07, 6.45) is 4.63. The van der Waals surface area contributed by atoms with Crippen LogP contribution in [0.25, 0.3) is 10.2 Å². The van der Waals surface area contributed by atoms with Gasteiger partial charge in [0.1, 0.15) is 10.6 Å². The number of nitrogens with one attached hydrogen (secondary N) is 1. The summed E-state index contributed by atoms with van der Waals surface area (Å²) in [5, 5.41) is 3.92. The topological polar surface area (TPSA) is 77.1 Å². The zero-order chi connectivity index (χ0) is 22.1. The molecular formula is C23H29N3O3S2. The van der Waals surface area contributed by atoms with Crippen molar-refractivity contribution in [3.05, 3.63) is 45.0 Å². The van der Waals surface area contributed by atoms with Gasteiger partial charge in [-0.05, 0) is 55.7 Å². The van der Waals surface area contributed by atoms with Gasteiger partial charge in [0.25, 0.3) is 5.56 Å². The number of aryl methyl sites for hydroxylation is 1. The first-order valence-corrected chi connectivity index (χ1v) is 12.5. The molecule has 31 heavy (non-hydrogen) atoms. The highest BCUT2D eigenvalue weighted by Crippen LogP contribution is 2.37. The van der Waals surface area contributed by atoms with Crippen LogP contribution in [0.15, 0.2) is 32.8 Å². The van der Waals surface area contributed by atoms with Crippen LogP contribution in [0.4, 0.5) is 0 Å². The number of furan rings is 1. The molecule has 2 atom stereocenters. The van der Waals surface area contributed by atoms with E-state index in [1.807, 2.05) is 19.1 Å². The summed E-state index contributed by atoms with van der Waals surface area (Å²) in [5.74, 6) is 1.66. The second kappa shape index (κ2) is 9.20. The molecule has 0 saturated carbocycles. The molecule has 0 bridgehead atoms. The zero-order valence-corrected chi connectivity index (χ0v) is 20.1. The van der Waals surface area contributed by atoms with Gasteiger partial charge in [-0.1, -0.05) is 32.5 Å². The quantitative estimate of drug-likeness (QED) is 0.416. The fourth-order valence-electron chi connectivity index (χ4n) is 3.85. The Labute approximate surface area is 190 Å². The number of thioether (sulfide) groups is 1. The molecule has 1 aliphatic carbocycles. The lowest BCUT2D eigenvalue weighted by Gasteiger charge is -2.18. The summed E-state index contributed by atoms with van der Waals surface area (Å²) in [7, 11) is 0. The van der Waals surface area contributed by atoms with Gasteiger partial charge in [0.2, 0.25) is 5.91 Å². The largest absolute Gasteiger partial charge is 0.467 e. The van der Waals surface area contributed by atoms with Crippen molar-refractivity contribution in [1.29, 1.82) is 0 Å². The van der Waals surface area contributed by atoms with Crippen LogP contribution in [-0.2, 0) is 24.2 Å². The monoisotopic (exact) mass is 459 g/mol. The van der Waals surface area contributed by atoms with Crippen molar-refractivity contribution < 1.29 is 9.21 Å². The van der Waals surface area contributed by atoms with E-state index >= 15 is 0 Å². The van der Waals surface area contributed by atoms with Crippen molar-refractivity contribution in [1.82, 2.24) is 14.9 Å². The van der Waals surface area contributed by atoms with Gasteiger partial charge in [-0.15, -0.1) is 11.3 Å². The molecule has 4 rings (SSSR count). The molecule has 0 radical (unpaired) electrons. The van der Waals surface area contributed by atoms with E-state index in [4.69, 9.17) is 9.40 Å². The summed E-state index contributed by atoms with van der Waals surface area (Å²) >= 11 is 2.97. The Kier molecular flexibility index (Phi) is 6.57. The molecule has 1 N–H and O–H groups in total. The van der Waals surface area contributed by atoms with Crippen molar-refractivity contribution in [2.75, 3.05) is 6.54 Å². The van der Waals surface area contributed by atoms with E-state index in [0.29, 0.717) is 35.8 Å². The fourth-order valence-corrected chi connectivity index (χ4v) is 6.21. The first-order chi connectivity index (χ1) is 14.8. The van der Waals surface area contributed by atoms with Crippen molar-refractivity contribution in [3.63, 3.8) is 0 Å². The highest BCUT2D eigenvalue weighted by Gasteiger charge is 2.26. The first-order valence-electron chi connectivity index (χ1n) is 10.8. The summed E-state index contributed by atoms with van der Waals surface area (Å²) in [6.45, 7) is 9.18. The Hall–Kier alpha value is -2.06. The van der Waals surface area contributed by atoms with Crippen LogP contribution in [0, 0.1) is 11.8 Å². The van der Waals surface area contributed by atoms with Crippen molar-refractivity contribution in [2.24, 2.45) is 11.8 Å². The van der Waals surface area contributed by atoms with Gasteiger partial charge in [-0.2, -0.15) is 0 Å². The van der Waals surface area contributed by atoms with Crippen molar-refractivity contribution >= 4 is 39.2 Å². The summed E-state index contributed by atoms with van der Waals surface area (Å²) < 4.78 is 7.18. The van der Waals surface area contributed by atoms with Crippen LogP contribution < -0.4 is 10.9 Å². The average Bonchev–Trinajstić information content (AvgIpc) is 3.35. The van der Waals surface area contributed by atoms with E-state index < -0.39 is 0 Å². The first kappa shape index (κ1) is 22.1. The van der Waals surface area contributed by atoms with Gasteiger partial charge >= 0.3 is 0 Å². The zero-order valence-electron chi connectivity index (χ0n) is 18.4. The van der Waals surface area contributed by atoms with Gasteiger partial charge in [0.05, 0.1) is 23.4 Å². The summed E-state index contributed by atoms with van der Waals surface area (Å²) in [4.78, 5) is 33.2. The standard InChI is InChI=1S/C23H29N3O3S2/c1-13(2)11-24-20(27)15(4)30-23-25-21-19(17-8-7-14(3)10-18(17)31-21)22(28)26(23)12-16-6-5-9-29-16/h5-6,9,13-15H,7-8,10-12H2,1-4H3,(H,24,27). The third-order valence-corrected chi connectivity index (χ3v) is 7.85. The molecule has 0 fully saturated rings. The van der Waals surface area contributed by atoms with Crippen molar-refractivity contribution in [2.45, 2.75) is 63.9 Å². The Morgan fingerprint density at radius 3 is 2.94 bits per heavy atom. The Bertz CT molecular complexity index is 1130. The second-order valence-corrected chi connectivity index (χ2v) is 11.2. The minimum absolute atomic E-state index is 0.0364. The third-order valence-electron chi connectivity index (χ3n) is 5.61. The number of aromatic nitrogens is 2. The molecule has 1 amide bonds. The van der Waals surface area contributed by atoms with Gasteiger partial charge in [-0.3, -0.25) is 14.2 Å². The van der Waals surface area contributed by atoms with Crippen LogP contribution in [0.3, 0.4) is 0 Å². The van der Waals surface area contributed by atoms with Gasteiger partial charge in [-0.25, -0.2) is 4.98 Å². The van der Waals surface area contributed by atoms with Gasteiger partial charge in [0, 0.05) is 11.4 Å². The van der Waals surface area contributed by atoms with Crippen molar-refractivity contribution in [3.8, 4) is 0 Å². The lowest BCUT2D eigenvalue weighted by Crippen LogP contribution is -2.34. The molecule has 6 nitrogen and oxygen atoms in total. The molecule has 1 aliphatic rings. The van der Waals surface area contributed by atoms with Crippen LogP contribution >= 0.6 is 23.1 Å². The maximum Gasteiger partial charge on any atom is 0.263 e. The number of amides is 1. The number of fused-ring (bicyclic) bond motifs is 3. The maximum atomic E-state index is 13.6. The Morgan fingerprint density at radius 2 is 2.23 bits per heavy atom. The minimum atomic E-state index is -0.361. The molecule has 2 unspecified atom stereocenters. The number of hydrogen-bond acceptors (Lipinski definition) is 6. The van der Waals surface area contributed by atoms with Gasteiger partial charge in [0.15, 0.2) is 5.16 Å². The lowest BCUT2D eigenvalue weighted by atomic mass is 9.89. The predicted molar refractivity (Wildman–Crippen MR) is 126 cm³/mol. The Balaban J connectivity index is 1.74. The summed E-state index contributed by atoms with van der Waals surface area (Å²) in [6, 6.07) is 3.67. The number of nitrogens with zero attached hydrogens (tertiary/aromatic N) is 2. The average molecular weight is 460 g/mol. The molecule has 166 valence electrons. The van der Waals surface area contributed by atoms with Gasteiger partial charge < -0.3 is 9.73 Å². The van der Waals surface area contributed by atoms with Crippen LogP contribution in [0.2, 0.25) is 0 Å².